The maximum absolute atomic E-state index is 12.9. The van der Waals surface area contributed by atoms with E-state index in [0.717, 1.165) is 22.3 Å². The molecule has 1 N–H and O–H groups in total. The van der Waals surface area contributed by atoms with Gasteiger partial charge in [0.2, 0.25) is 5.91 Å². The van der Waals surface area contributed by atoms with E-state index in [9.17, 15) is 9.18 Å². The first-order valence-corrected chi connectivity index (χ1v) is 8.22. The third kappa shape index (κ3) is 4.45. The maximum atomic E-state index is 12.9. The fourth-order valence-corrected chi connectivity index (χ4v) is 2.78. The number of para-hydroxylation sites is 1. The van der Waals surface area contributed by atoms with Crippen molar-refractivity contribution >= 4 is 16.9 Å². The third-order valence-corrected chi connectivity index (χ3v) is 4.03. The molecule has 1 atom stereocenters. The number of hydrogen-bond acceptors (Lipinski definition) is 3. The van der Waals surface area contributed by atoms with Gasteiger partial charge in [-0.3, -0.25) is 9.69 Å². The standard InChI is InChI=1S/C20H21FN2O2/c1-14(19-11-16-5-3-4-6-18(16)25-19)22-20(24)13-23(2)12-15-7-9-17(21)10-8-15/h3-11,14H,12-13H2,1-2H3,(H,22,24)/t14-/m1/s1. The van der Waals surface area contributed by atoms with Crippen LogP contribution in [0.5, 0.6) is 0 Å². The number of fused-ring (bicyclic) bond motifs is 1. The van der Waals surface area contributed by atoms with Crippen LogP contribution in [0, 0.1) is 5.82 Å². The Bertz CT molecular complexity index is 825. The molecule has 0 aliphatic rings. The highest BCUT2D eigenvalue weighted by atomic mass is 19.1. The van der Waals surface area contributed by atoms with Gasteiger partial charge in [0.05, 0.1) is 12.6 Å². The number of benzene rings is 2. The summed E-state index contributed by atoms with van der Waals surface area (Å²) >= 11 is 0. The maximum Gasteiger partial charge on any atom is 0.234 e. The lowest BCUT2D eigenvalue weighted by Gasteiger charge is -2.18. The van der Waals surface area contributed by atoms with E-state index in [1.165, 1.54) is 12.1 Å². The molecule has 1 heterocycles. The molecule has 5 heteroatoms. The van der Waals surface area contributed by atoms with Crippen molar-refractivity contribution in [1.82, 2.24) is 10.2 Å². The minimum absolute atomic E-state index is 0.0856. The molecule has 3 aromatic rings. The van der Waals surface area contributed by atoms with E-state index in [0.29, 0.717) is 6.54 Å². The van der Waals surface area contributed by atoms with Crippen molar-refractivity contribution in [2.75, 3.05) is 13.6 Å². The van der Waals surface area contributed by atoms with Gasteiger partial charge in [-0.1, -0.05) is 30.3 Å². The van der Waals surface area contributed by atoms with Crippen molar-refractivity contribution in [3.8, 4) is 0 Å². The molecule has 0 radical (unpaired) electrons. The zero-order valence-corrected chi connectivity index (χ0v) is 14.3. The monoisotopic (exact) mass is 340 g/mol. The van der Waals surface area contributed by atoms with E-state index in [1.54, 1.807) is 12.1 Å². The number of halogens is 1. The Balaban J connectivity index is 1.55. The van der Waals surface area contributed by atoms with Crippen molar-refractivity contribution in [1.29, 1.82) is 0 Å². The van der Waals surface area contributed by atoms with E-state index in [-0.39, 0.29) is 24.3 Å². The average Bonchev–Trinajstić information content (AvgIpc) is 3.01. The molecule has 2 aromatic carbocycles. The molecular formula is C20H21FN2O2. The molecule has 4 nitrogen and oxygen atoms in total. The molecule has 1 aromatic heterocycles. The smallest absolute Gasteiger partial charge is 0.234 e. The lowest BCUT2D eigenvalue weighted by molar-refractivity contribution is -0.122. The van der Waals surface area contributed by atoms with Crippen LogP contribution in [0.2, 0.25) is 0 Å². The highest BCUT2D eigenvalue weighted by Gasteiger charge is 2.15. The van der Waals surface area contributed by atoms with Gasteiger partial charge in [-0.2, -0.15) is 0 Å². The summed E-state index contributed by atoms with van der Waals surface area (Å²) in [6.45, 7) is 2.73. The highest BCUT2D eigenvalue weighted by Crippen LogP contribution is 2.23. The number of hydrogen-bond donors (Lipinski definition) is 1. The van der Waals surface area contributed by atoms with Crippen molar-refractivity contribution in [3.05, 3.63) is 71.7 Å². The van der Waals surface area contributed by atoms with E-state index in [2.05, 4.69) is 5.32 Å². The topological polar surface area (TPSA) is 45.5 Å². The van der Waals surface area contributed by atoms with Crippen LogP contribution in [-0.2, 0) is 11.3 Å². The third-order valence-electron chi connectivity index (χ3n) is 4.03. The van der Waals surface area contributed by atoms with Crippen LogP contribution in [-0.4, -0.2) is 24.4 Å². The van der Waals surface area contributed by atoms with Crippen LogP contribution in [0.1, 0.15) is 24.3 Å². The zero-order valence-electron chi connectivity index (χ0n) is 14.3. The molecule has 0 aliphatic carbocycles. The zero-order chi connectivity index (χ0) is 17.8. The second kappa shape index (κ2) is 7.49. The number of rotatable bonds is 6. The predicted molar refractivity (Wildman–Crippen MR) is 95.5 cm³/mol. The molecule has 0 fully saturated rings. The predicted octanol–water partition coefficient (Wildman–Crippen LogP) is 3.88. The first kappa shape index (κ1) is 17.2. The van der Waals surface area contributed by atoms with Crippen molar-refractivity contribution in [3.63, 3.8) is 0 Å². The molecule has 1 amide bonds. The van der Waals surface area contributed by atoms with Crippen LogP contribution in [0.25, 0.3) is 11.0 Å². The minimum atomic E-state index is -0.260. The molecule has 25 heavy (non-hydrogen) atoms. The van der Waals surface area contributed by atoms with Gasteiger partial charge in [0.15, 0.2) is 0 Å². The number of amides is 1. The van der Waals surface area contributed by atoms with Crippen LogP contribution in [0.4, 0.5) is 4.39 Å². The quantitative estimate of drug-likeness (QED) is 0.741. The van der Waals surface area contributed by atoms with Gasteiger partial charge in [-0.05, 0) is 43.8 Å². The lowest BCUT2D eigenvalue weighted by atomic mass is 10.2. The number of likely N-dealkylation sites (N-methyl/N-ethyl adjacent to an activating group) is 1. The Morgan fingerprint density at radius 3 is 2.64 bits per heavy atom. The number of carbonyl (C=O) groups excluding carboxylic acids is 1. The van der Waals surface area contributed by atoms with Gasteiger partial charge in [0, 0.05) is 11.9 Å². The van der Waals surface area contributed by atoms with Crippen molar-refractivity contribution < 1.29 is 13.6 Å². The Hall–Kier alpha value is -2.66. The van der Waals surface area contributed by atoms with Gasteiger partial charge >= 0.3 is 0 Å². The normalized spacial score (nSPS) is 12.5. The van der Waals surface area contributed by atoms with Crippen LogP contribution >= 0.6 is 0 Å². The minimum Gasteiger partial charge on any atom is -0.459 e. The highest BCUT2D eigenvalue weighted by molar-refractivity contribution is 5.80. The summed E-state index contributed by atoms with van der Waals surface area (Å²) in [7, 11) is 1.86. The summed E-state index contributed by atoms with van der Waals surface area (Å²) in [5.41, 5.74) is 1.77. The Morgan fingerprint density at radius 1 is 1.20 bits per heavy atom. The molecule has 0 saturated heterocycles. The van der Waals surface area contributed by atoms with E-state index in [4.69, 9.17) is 4.42 Å². The fraction of sp³-hybridized carbons (Fsp3) is 0.250. The van der Waals surface area contributed by atoms with Gasteiger partial charge in [-0.15, -0.1) is 0 Å². The van der Waals surface area contributed by atoms with Crippen LogP contribution in [0.15, 0.2) is 59.0 Å². The summed E-state index contributed by atoms with van der Waals surface area (Å²) < 4.78 is 18.7. The average molecular weight is 340 g/mol. The number of furan rings is 1. The van der Waals surface area contributed by atoms with E-state index in [1.807, 2.05) is 49.2 Å². The fourth-order valence-electron chi connectivity index (χ4n) is 2.78. The number of nitrogens with one attached hydrogen (secondary N) is 1. The van der Waals surface area contributed by atoms with Gasteiger partial charge < -0.3 is 9.73 Å². The summed E-state index contributed by atoms with van der Waals surface area (Å²) in [5.74, 6) is 0.386. The Labute approximate surface area is 146 Å². The second-order valence-corrected chi connectivity index (χ2v) is 6.27. The molecule has 0 aliphatic heterocycles. The summed E-state index contributed by atoms with van der Waals surface area (Å²) in [6, 6.07) is 15.8. The van der Waals surface area contributed by atoms with Gasteiger partial charge in [0.25, 0.3) is 0 Å². The largest absolute Gasteiger partial charge is 0.459 e. The lowest BCUT2D eigenvalue weighted by Crippen LogP contribution is -2.36. The van der Waals surface area contributed by atoms with Crippen LogP contribution in [0.3, 0.4) is 0 Å². The summed E-state index contributed by atoms with van der Waals surface area (Å²) in [4.78, 5) is 14.1. The number of carbonyl (C=O) groups is 1. The first-order valence-electron chi connectivity index (χ1n) is 8.22. The summed E-state index contributed by atoms with van der Waals surface area (Å²) in [6.07, 6.45) is 0. The Kier molecular flexibility index (Phi) is 5.14. The second-order valence-electron chi connectivity index (χ2n) is 6.27. The molecule has 3 rings (SSSR count). The number of nitrogens with zero attached hydrogens (tertiary/aromatic N) is 1. The molecule has 0 saturated carbocycles. The van der Waals surface area contributed by atoms with E-state index < -0.39 is 0 Å². The van der Waals surface area contributed by atoms with Gasteiger partial charge in [-0.25, -0.2) is 4.39 Å². The SMILES string of the molecule is C[C@@H](NC(=O)CN(C)Cc1ccc(F)cc1)c1cc2ccccc2o1. The molecule has 130 valence electrons. The molecular weight excluding hydrogens is 319 g/mol. The Morgan fingerprint density at radius 2 is 1.92 bits per heavy atom. The van der Waals surface area contributed by atoms with E-state index >= 15 is 0 Å². The molecule has 0 bridgehead atoms. The van der Waals surface area contributed by atoms with Crippen LogP contribution < -0.4 is 5.32 Å². The molecule has 0 unspecified atom stereocenters. The first-order chi connectivity index (χ1) is 12.0. The van der Waals surface area contributed by atoms with Gasteiger partial charge in [0.1, 0.15) is 17.2 Å². The van der Waals surface area contributed by atoms with Crippen molar-refractivity contribution in [2.24, 2.45) is 0 Å². The van der Waals surface area contributed by atoms with Crippen molar-refractivity contribution in [2.45, 2.75) is 19.5 Å². The summed E-state index contributed by atoms with van der Waals surface area (Å²) in [5, 5.41) is 3.97. The molecule has 0 spiro atoms.